The molecule has 9 nitrogen and oxygen atoms in total. The van der Waals surface area contributed by atoms with Crippen molar-refractivity contribution < 1.29 is 9.59 Å². The maximum atomic E-state index is 14.0. The molecule has 7 rings (SSSR count). The Balaban J connectivity index is 1.06. The Morgan fingerprint density at radius 3 is 2.33 bits per heavy atom. The van der Waals surface area contributed by atoms with Crippen LogP contribution in [0.15, 0.2) is 97.7 Å². The van der Waals surface area contributed by atoms with Crippen molar-refractivity contribution in [2.45, 2.75) is 32.5 Å². The Labute approximate surface area is 283 Å². The van der Waals surface area contributed by atoms with Crippen molar-refractivity contribution in [3.05, 3.63) is 115 Å². The van der Waals surface area contributed by atoms with Crippen LogP contribution in [0.4, 0.5) is 4.79 Å². The molecule has 2 aliphatic heterocycles. The fraction of sp³-hybridized carbons (Fsp3) is 0.359. The molecule has 0 radical (unpaired) electrons. The standard InChI is InChI=1S/C39H45N7O2/c1-41-19-21-44(22-20-41)38(47)37-28-43(27-36(37)35-14-8-12-32-11-6-7-13-34(32)35)26-33-23-40-29-46(33)25-31-15-17-45(18-16-31)39(48)42(2)24-30-9-4-3-5-10-30/h3-14,23,27-29,31H,15-22,24-26H2,1-2H3. The fourth-order valence-corrected chi connectivity index (χ4v) is 7.21. The molecule has 3 amide bonds. The quantitative estimate of drug-likeness (QED) is 0.211. The third-order valence-electron chi connectivity index (χ3n) is 10.1. The second-order valence-electron chi connectivity index (χ2n) is 13.5. The molecule has 2 saturated heterocycles. The number of imidazole rings is 1. The topological polar surface area (TPSA) is 69.9 Å². The molecule has 248 valence electrons. The van der Waals surface area contributed by atoms with Crippen LogP contribution in [0, 0.1) is 5.92 Å². The first-order valence-corrected chi connectivity index (χ1v) is 17.1. The lowest BCUT2D eigenvalue weighted by Crippen LogP contribution is -2.47. The predicted molar refractivity (Wildman–Crippen MR) is 190 cm³/mol. The molecule has 0 N–H and O–H groups in total. The van der Waals surface area contributed by atoms with Gasteiger partial charge in [-0.15, -0.1) is 0 Å². The summed E-state index contributed by atoms with van der Waals surface area (Å²) in [5, 5.41) is 2.31. The van der Waals surface area contributed by atoms with Crippen molar-refractivity contribution in [3.8, 4) is 11.1 Å². The van der Waals surface area contributed by atoms with Gasteiger partial charge in [-0.05, 0) is 47.7 Å². The highest BCUT2D eigenvalue weighted by Gasteiger charge is 2.27. The number of piperidine rings is 1. The number of likely N-dealkylation sites (N-methyl/N-ethyl adjacent to an activating group) is 1. The lowest BCUT2D eigenvalue weighted by Gasteiger charge is -2.35. The van der Waals surface area contributed by atoms with Gasteiger partial charge in [-0.2, -0.15) is 0 Å². The number of rotatable bonds is 8. The van der Waals surface area contributed by atoms with Gasteiger partial charge in [-0.1, -0.05) is 72.8 Å². The molecule has 0 atom stereocenters. The van der Waals surface area contributed by atoms with Gasteiger partial charge in [0.1, 0.15) is 0 Å². The summed E-state index contributed by atoms with van der Waals surface area (Å²) in [5.41, 5.74) is 5.04. The lowest BCUT2D eigenvalue weighted by molar-refractivity contribution is 0.0664. The van der Waals surface area contributed by atoms with Crippen LogP contribution in [0.3, 0.4) is 0 Å². The van der Waals surface area contributed by atoms with Gasteiger partial charge in [0.15, 0.2) is 0 Å². The number of benzene rings is 3. The maximum absolute atomic E-state index is 14.0. The largest absolute Gasteiger partial charge is 0.347 e. The second-order valence-corrected chi connectivity index (χ2v) is 13.5. The van der Waals surface area contributed by atoms with E-state index >= 15 is 0 Å². The van der Waals surface area contributed by atoms with Crippen molar-refractivity contribution in [3.63, 3.8) is 0 Å². The zero-order valence-electron chi connectivity index (χ0n) is 28.0. The number of piperazine rings is 1. The normalized spacial score (nSPS) is 16.0. The van der Waals surface area contributed by atoms with Crippen LogP contribution < -0.4 is 0 Å². The summed E-state index contributed by atoms with van der Waals surface area (Å²) in [4.78, 5) is 39.8. The molecule has 5 aromatic rings. The van der Waals surface area contributed by atoms with E-state index in [2.05, 4.69) is 86.9 Å². The fourth-order valence-electron chi connectivity index (χ4n) is 7.21. The SMILES string of the molecule is CN1CCN(C(=O)c2cn(Cc3cncn3CC3CCN(C(=O)N(C)Cc4ccccc4)CC3)cc2-c2cccc3ccccc23)CC1. The van der Waals surface area contributed by atoms with Crippen molar-refractivity contribution >= 4 is 22.7 Å². The highest BCUT2D eigenvalue weighted by Crippen LogP contribution is 2.33. The van der Waals surface area contributed by atoms with Gasteiger partial charge in [-0.25, -0.2) is 9.78 Å². The average Bonchev–Trinajstić information content (AvgIpc) is 3.75. The van der Waals surface area contributed by atoms with E-state index < -0.39 is 0 Å². The Hall–Kier alpha value is -4.89. The number of hydrogen-bond acceptors (Lipinski definition) is 4. The number of aromatic nitrogens is 3. The third-order valence-corrected chi connectivity index (χ3v) is 10.1. The van der Waals surface area contributed by atoms with Crippen LogP contribution in [-0.4, -0.2) is 99.0 Å². The highest BCUT2D eigenvalue weighted by atomic mass is 16.2. The Kier molecular flexibility index (Phi) is 9.29. The molecule has 0 aliphatic carbocycles. The molecule has 0 spiro atoms. The molecule has 0 saturated carbocycles. The summed E-state index contributed by atoms with van der Waals surface area (Å²) in [6.45, 7) is 6.84. The molecule has 2 aromatic heterocycles. The first-order chi connectivity index (χ1) is 23.4. The monoisotopic (exact) mass is 643 g/mol. The Bertz CT molecular complexity index is 1860. The van der Waals surface area contributed by atoms with Gasteiger partial charge < -0.3 is 28.7 Å². The van der Waals surface area contributed by atoms with Crippen LogP contribution in [0.25, 0.3) is 21.9 Å². The summed E-state index contributed by atoms with van der Waals surface area (Å²) in [6.07, 6.45) is 9.95. The van der Waals surface area contributed by atoms with Crippen LogP contribution in [-0.2, 0) is 19.6 Å². The van der Waals surface area contributed by atoms with Gasteiger partial charge in [0.2, 0.25) is 0 Å². The van der Waals surface area contributed by atoms with Crippen molar-refractivity contribution in [2.24, 2.45) is 5.92 Å². The molecule has 2 fully saturated rings. The minimum atomic E-state index is 0.0917. The molecule has 3 aromatic carbocycles. The zero-order valence-corrected chi connectivity index (χ0v) is 28.0. The first kappa shape index (κ1) is 31.7. The maximum Gasteiger partial charge on any atom is 0.320 e. The van der Waals surface area contributed by atoms with E-state index in [1.807, 2.05) is 58.7 Å². The molecule has 9 heteroatoms. The van der Waals surface area contributed by atoms with E-state index in [1.165, 1.54) is 0 Å². The van der Waals surface area contributed by atoms with Gasteiger partial charge in [0.05, 0.1) is 24.1 Å². The number of nitrogens with zero attached hydrogens (tertiary/aromatic N) is 7. The summed E-state index contributed by atoms with van der Waals surface area (Å²) in [6, 6.07) is 24.9. The number of amides is 3. The number of likely N-dealkylation sites (tertiary alicyclic amines) is 1. The van der Waals surface area contributed by atoms with E-state index in [-0.39, 0.29) is 11.9 Å². The minimum absolute atomic E-state index is 0.0917. The van der Waals surface area contributed by atoms with Gasteiger partial charge in [-0.3, -0.25) is 4.79 Å². The van der Waals surface area contributed by atoms with Crippen LogP contribution in [0.2, 0.25) is 0 Å². The number of carbonyl (C=O) groups is 2. The van der Waals surface area contributed by atoms with Crippen molar-refractivity contribution in [1.82, 2.24) is 33.7 Å². The Morgan fingerprint density at radius 2 is 1.54 bits per heavy atom. The van der Waals surface area contributed by atoms with E-state index in [0.717, 1.165) is 97.4 Å². The minimum Gasteiger partial charge on any atom is -0.347 e. The summed E-state index contributed by atoms with van der Waals surface area (Å²) >= 11 is 0. The number of hydrogen-bond donors (Lipinski definition) is 0. The van der Waals surface area contributed by atoms with E-state index in [4.69, 9.17) is 0 Å². The summed E-state index contributed by atoms with van der Waals surface area (Å²) < 4.78 is 4.40. The summed E-state index contributed by atoms with van der Waals surface area (Å²) in [5.74, 6) is 0.556. The highest BCUT2D eigenvalue weighted by molar-refractivity contribution is 6.06. The first-order valence-electron chi connectivity index (χ1n) is 17.1. The average molecular weight is 644 g/mol. The van der Waals surface area contributed by atoms with E-state index in [0.29, 0.717) is 19.0 Å². The van der Waals surface area contributed by atoms with Crippen molar-refractivity contribution in [2.75, 3.05) is 53.4 Å². The molecular formula is C39H45N7O2. The summed E-state index contributed by atoms with van der Waals surface area (Å²) in [7, 11) is 3.99. The van der Waals surface area contributed by atoms with Crippen LogP contribution in [0.1, 0.15) is 34.5 Å². The predicted octanol–water partition coefficient (Wildman–Crippen LogP) is 5.90. The second kappa shape index (κ2) is 14.1. The lowest BCUT2D eigenvalue weighted by atomic mass is 9.97. The van der Waals surface area contributed by atoms with Crippen LogP contribution >= 0.6 is 0 Å². The molecule has 0 bridgehead atoms. The number of fused-ring (bicyclic) bond motifs is 1. The molecule has 2 aliphatic rings. The zero-order chi connectivity index (χ0) is 33.0. The van der Waals surface area contributed by atoms with E-state index in [9.17, 15) is 9.59 Å². The van der Waals surface area contributed by atoms with Crippen LogP contribution in [0.5, 0.6) is 0 Å². The molecule has 4 heterocycles. The van der Waals surface area contributed by atoms with Crippen molar-refractivity contribution in [1.29, 1.82) is 0 Å². The number of urea groups is 1. The van der Waals surface area contributed by atoms with Gasteiger partial charge >= 0.3 is 6.03 Å². The van der Waals surface area contributed by atoms with Gasteiger partial charge in [0.25, 0.3) is 5.91 Å². The third kappa shape index (κ3) is 6.87. The van der Waals surface area contributed by atoms with E-state index in [1.54, 1.807) is 0 Å². The Morgan fingerprint density at radius 1 is 0.812 bits per heavy atom. The smallest absolute Gasteiger partial charge is 0.320 e. The van der Waals surface area contributed by atoms with Gasteiger partial charge in [0, 0.05) is 83.6 Å². The number of carbonyl (C=O) groups excluding carboxylic acids is 2. The molecular weight excluding hydrogens is 598 g/mol. The molecule has 0 unspecified atom stereocenters. The molecule has 48 heavy (non-hydrogen) atoms.